The van der Waals surface area contributed by atoms with Crippen molar-refractivity contribution in [1.82, 2.24) is 14.8 Å². The highest BCUT2D eigenvalue weighted by Crippen LogP contribution is 2.38. The molecule has 0 atom stereocenters. The smallest absolute Gasteiger partial charge is 0.185 e. The van der Waals surface area contributed by atoms with Crippen LogP contribution in [-0.2, 0) is 0 Å². The van der Waals surface area contributed by atoms with Crippen molar-refractivity contribution in [2.24, 2.45) is 0 Å². The first-order valence-electron chi connectivity index (χ1n) is 11.2. The molecule has 0 aliphatic rings. The number of nitrogens with zero attached hydrogens (tertiary/aromatic N) is 3. The number of carbonyl (C=O) groups is 1. The highest BCUT2D eigenvalue weighted by molar-refractivity contribution is 9.10. The molecule has 3 aromatic carbocycles. The van der Waals surface area contributed by atoms with Crippen LogP contribution in [0.25, 0.3) is 33.9 Å². The average Bonchev–Trinajstić information content (AvgIpc) is 3.23. The van der Waals surface area contributed by atoms with E-state index < -0.39 is 0 Å². The fraction of sp³-hybridized carbons (Fsp3) is 0.0690. The average molecular weight is 559 g/mol. The van der Waals surface area contributed by atoms with E-state index in [9.17, 15) is 4.79 Å². The highest BCUT2D eigenvalue weighted by Gasteiger charge is 2.21. The van der Waals surface area contributed by atoms with Gasteiger partial charge in [-0.1, -0.05) is 57.9 Å². The van der Waals surface area contributed by atoms with Crippen molar-refractivity contribution < 1.29 is 9.53 Å². The normalized spacial score (nSPS) is 11.3. The van der Waals surface area contributed by atoms with Crippen LogP contribution < -0.4 is 4.74 Å². The molecule has 2 heterocycles. The zero-order chi connectivity index (χ0) is 25.2. The molecule has 0 bridgehead atoms. The third-order valence-corrected chi connectivity index (χ3v) is 6.71. The number of ether oxygens (including phenoxy) is 1. The number of hydrogen-bond donors (Lipinski definition) is 0. The summed E-state index contributed by atoms with van der Waals surface area (Å²) >= 11 is 10.3. The molecule has 5 rings (SSSR count). The van der Waals surface area contributed by atoms with Crippen LogP contribution in [0.4, 0.5) is 0 Å². The summed E-state index contributed by atoms with van der Waals surface area (Å²) < 4.78 is 7.95. The Morgan fingerprint density at radius 2 is 1.69 bits per heavy atom. The molecule has 36 heavy (non-hydrogen) atoms. The fourth-order valence-electron chi connectivity index (χ4n) is 4.13. The lowest BCUT2D eigenvalue weighted by Gasteiger charge is -2.12. The van der Waals surface area contributed by atoms with Gasteiger partial charge in [0.1, 0.15) is 10.9 Å². The Morgan fingerprint density at radius 3 is 2.36 bits per heavy atom. The van der Waals surface area contributed by atoms with Crippen LogP contribution in [0.1, 0.15) is 21.6 Å². The van der Waals surface area contributed by atoms with Crippen LogP contribution in [0.15, 0.2) is 89.4 Å². The summed E-state index contributed by atoms with van der Waals surface area (Å²) in [5.74, 6) is 0.545. The number of pyridine rings is 1. The van der Waals surface area contributed by atoms with E-state index in [1.807, 2.05) is 61.5 Å². The zero-order valence-corrected chi connectivity index (χ0v) is 21.9. The van der Waals surface area contributed by atoms with Gasteiger partial charge in [0.05, 0.1) is 23.9 Å². The number of carbonyl (C=O) groups excluding carboxylic acids is 1. The Hall–Kier alpha value is -3.74. The van der Waals surface area contributed by atoms with E-state index >= 15 is 0 Å². The van der Waals surface area contributed by atoms with Gasteiger partial charge in [-0.3, -0.25) is 4.79 Å². The van der Waals surface area contributed by atoms with E-state index in [0.29, 0.717) is 22.5 Å². The van der Waals surface area contributed by atoms with Crippen molar-refractivity contribution in [1.29, 1.82) is 0 Å². The van der Waals surface area contributed by atoms with Crippen molar-refractivity contribution in [2.45, 2.75) is 6.92 Å². The SMILES string of the molecule is COc1ccc(C(=O)/C=C/c2c(Cl)nc3c(c(C)nn3-c3ccccc3)c2-c2ccc(Br)cc2)cc1. The maximum absolute atomic E-state index is 12.9. The molecule has 5 aromatic rings. The number of methoxy groups -OCH3 is 1. The summed E-state index contributed by atoms with van der Waals surface area (Å²) in [6, 6.07) is 24.8. The quantitative estimate of drug-likeness (QED) is 0.122. The Balaban J connectivity index is 1.70. The summed E-state index contributed by atoms with van der Waals surface area (Å²) in [6.07, 6.45) is 3.26. The Bertz CT molecular complexity index is 1590. The number of fused-ring (bicyclic) bond motifs is 1. The molecule has 178 valence electrons. The van der Waals surface area contributed by atoms with Gasteiger partial charge in [0, 0.05) is 21.2 Å². The first-order valence-corrected chi connectivity index (χ1v) is 12.4. The van der Waals surface area contributed by atoms with Gasteiger partial charge in [0.2, 0.25) is 0 Å². The minimum absolute atomic E-state index is 0.146. The number of para-hydroxylation sites is 1. The number of aryl methyl sites for hydroxylation is 1. The van der Waals surface area contributed by atoms with E-state index in [2.05, 4.69) is 15.9 Å². The van der Waals surface area contributed by atoms with Gasteiger partial charge >= 0.3 is 0 Å². The maximum atomic E-state index is 12.9. The summed E-state index contributed by atoms with van der Waals surface area (Å²) in [6.45, 7) is 1.95. The van der Waals surface area contributed by atoms with Crippen LogP contribution in [0.3, 0.4) is 0 Å². The third-order valence-electron chi connectivity index (χ3n) is 5.89. The molecule has 5 nitrogen and oxygen atoms in total. The number of benzene rings is 3. The fourth-order valence-corrected chi connectivity index (χ4v) is 4.63. The van der Waals surface area contributed by atoms with Crippen molar-refractivity contribution in [3.63, 3.8) is 0 Å². The summed E-state index contributed by atoms with van der Waals surface area (Å²) in [5, 5.41) is 5.95. The zero-order valence-electron chi connectivity index (χ0n) is 19.6. The Labute approximate surface area is 222 Å². The lowest BCUT2D eigenvalue weighted by Crippen LogP contribution is -1.99. The summed E-state index contributed by atoms with van der Waals surface area (Å²) in [4.78, 5) is 17.7. The van der Waals surface area contributed by atoms with Crippen LogP contribution >= 0.6 is 27.5 Å². The van der Waals surface area contributed by atoms with E-state index in [1.54, 1.807) is 42.1 Å². The van der Waals surface area contributed by atoms with Crippen LogP contribution in [0, 0.1) is 6.92 Å². The molecule has 0 spiro atoms. The van der Waals surface area contributed by atoms with E-state index in [0.717, 1.165) is 32.4 Å². The number of aromatic nitrogens is 3. The molecular formula is C29H21BrClN3O2. The predicted octanol–water partition coefficient (Wildman–Crippen LogP) is 7.72. The van der Waals surface area contributed by atoms with Crippen LogP contribution in [0.5, 0.6) is 5.75 Å². The second-order valence-corrected chi connectivity index (χ2v) is 9.43. The first kappa shape index (κ1) is 24.0. The number of halogens is 2. The minimum atomic E-state index is -0.146. The maximum Gasteiger partial charge on any atom is 0.185 e. The largest absolute Gasteiger partial charge is 0.497 e. The van der Waals surface area contributed by atoms with Gasteiger partial charge in [0.15, 0.2) is 11.4 Å². The van der Waals surface area contributed by atoms with Crippen molar-refractivity contribution in [3.05, 3.63) is 111 Å². The van der Waals surface area contributed by atoms with Crippen molar-refractivity contribution >= 4 is 50.4 Å². The van der Waals surface area contributed by atoms with Gasteiger partial charge in [-0.15, -0.1) is 0 Å². The second kappa shape index (κ2) is 10.1. The molecule has 0 N–H and O–H groups in total. The number of hydrogen-bond acceptors (Lipinski definition) is 4. The van der Waals surface area contributed by atoms with E-state index in [4.69, 9.17) is 26.4 Å². The second-order valence-electron chi connectivity index (χ2n) is 8.16. The van der Waals surface area contributed by atoms with Gasteiger partial charge < -0.3 is 4.74 Å². The molecule has 0 radical (unpaired) electrons. The lowest BCUT2D eigenvalue weighted by molar-refractivity contribution is 0.104. The molecule has 0 unspecified atom stereocenters. The Morgan fingerprint density at radius 1 is 1.00 bits per heavy atom. The molecule has 0 saturated carbocycles. The van der Waals surface area contributed by atoms with Gasteiger partial charge in [-0.2, -0.15) is 5.10 Å². The van der Waals surface area contributed by atoms with Crippen molar-refractivity contribution in [3.8, 4) is 22.6 Å². The van der Waals surface area contributed by atoms with Crippen LogP contribution in [0.2, 0.25) is 5.15 Å². The van der Waals surface area contributed by atoms with Gasteiger partial charge in [-0.25, -0.2) is 9.67 Å². The van der Waals surface area contributed by atoms with Gasteiger partial charge in [-0.05, 0) is 73.2 Å². The summed E-state index contributed by atoms with van der Waals surface area (Å²) in [7, 11) is 1.59. The van der Waals surface area contributed by atoms with E-state index in [1.165, 1.54) is 6.08 Å². The molecule has 0 aliphatic heterocycles. The molecular weight excluding hydrogens is 538 g/mol. The highest BCUT2D eigenvalue weighted by atomic mass is 79.9. The topological polar surface area (TPSA) is 57.0 Å². The lowest BCUT2D eigenvalue weighted by atomic mass is 9.96. The monoisotopic (exact) mass is 557 g/mol. The number of allylic oxidation sites excluding steroid dienone is 1. The molecule has 0 amide bonds. The number of ketones is 1. The Kier molecular flexibility index (Phi) is 6.72. The first-order chi connectivity index (χ1) is 17.5. The van der Waals surface area contributed by atoms with E-state index in [-0.39, 0.29) is 10.9 Å². The molecule has 0 saturated heterocycles. The van der Waals surface area contributed by atoms with Crippen LogP contribution in [-0.4, -0.2) is 27.7 Å². The standard InChI is InChI=1S/C29H21BrClN3O2/c1-18-26-27(20-8-12-21(30)13-9-20)24(16-17-25(35)19-10-14-23(36-2)15-11-19)28(31)32-29(26)34(33-18)22-6-4-3-5-7-22/h3-17H,1-2H3/b17-16+. The predicted molar refractivity (Wildman–Crippen MR) is 148 cm³/mol. The molecule has 0 aliphatic carbocycles. The molecule has 7 heteroatoms. The van der Waals surface area contributed by atoms with Gasteiger partial charge in [0.25, 0.3) is 0 Å². The van der Waals surface area contributed by atoms with Crippen molar-refractivity contribution in [2.75, 3.05) is 7.11 Å². The summed E-state index contributed by atoms with van der Waals surface area (Å²) in [5.41, 5.74) is 5.38. The minimum Gasteiger partial charge on any atom is -0.497 e. The molecule has 2 aromatic heterocycles. The number of rotatable bonds is 6. The third kappa shape index (κ3) is 4.57. The molecule has 0 fully saturated rings.